The van der Waals surface area contributed by atoms with Crippen molar-refractivity contribution in [3.63, 3.8) is 0 Å². The second-order valence-corrected chi connectivity index (χ2v) is 6.66. The van der Waals surface area contributed by atoms with Crippen molar-refractivity contribution in [1.29, 1.82) is 0 Å². The maximum atomic E-state index is 12.5. The van der Waals surface area contributed by atoms with E-state index in [0.29, 0.717) is 13.2 Å². The lowest BCUT2D eigenvalue weighted by atomic mass is 9.94. The van der Waals surface area contributed by atoms with E-state index in [0.717, 1.165) is 37.1 Å². The van der Waals surface area contributed by atoms with Crippen molar-refractivity contribution in [3.05, 3.63) is 30.2 Å². The molecule has 120 valence electrons. The molecule has 0 bridgehead atoms. The van der Waals surface area contributed by atoms with E-state index in [-0.39, 0.29) is 17.7 Å². The van der Waals surface area contributed by atoms with Crippen LogP contribution in [0.3, 0.4) is 0 Å². The molecule has 1 aromatic rings. The van der Waals surface area contributed by atoms with Crippen molar-refractivity contribution < 1.29 is 13.9 Å². The molecule has 2 aliphatic heterocycles. The Morgan fingerprint density at radius 2 is 2.32 bits per heavy atom. The number of hydrogen-bond donors (Lipinski definition) is 1. The smallest absolute Gasteiger partial charge is 0.317 e. The summed E-state index contributed by atoms with van der Waals surface area (Å²) in [7, 11) is 0. The Kier molecular flexibility index (Phi) is 4.25. The third kappa shape index (κ3) is 3.53. The van der Waals surface area contributed by atoms with E-state index in [1.54, 1.807) is 6.26 Å². The average Bonchev–Trinajstić information content (AvgIpc) is 3.00. The molecule has 0 aromatic carbocycles. The molecule has 0 aliphatic carbocycles. The first kappa shape index (κ1) is 15.2. The van der Waals surface area contributed by atoms with Gasteiger partial charge in [0.2, 0.25) is 0 Å². The van der Waals surface area contributed by atoms with Gasteiger partial charge in [0.25, 0.3) is 0 Å². The van der Waals surface area contributed by atoms with Crippen LogP contribution in [0.25, 0.3) is 5.57 Å². The molecule has 1 saturated heterocycles. The summed E-state index contributed by atoms with van der Waals surface area (Å²) in [4.78, 5) is 14.4. The van der Waals surface area contributed by atoms with E-state index in [1.165, 1.54) is 0 Å². The van der Waals surface area contributed by atoms with Crippen molar-refractivity contribution in [3.8, 4) is 0 Å². The van der Waals surface area contributed by atoms with Crippen molar-refractivity contribution in [2.45, 2.75) is 44.8 Å². The van der Waals surface area contributed by atoms with Gasteiger partial charge in [0, 0.05) is 24.8 Å². The second kappa shape index (κ2) is 6.16. The van der Waals surface area contributed by atoms with Crippen molar-refractivity contribution in [1.82, 2.24) is 10.2 Å². The number of ether oxygens (including phenoxy) is 1. The minimum absolute atomic E-state index is 0.0138. The quantitative estimate of drug-likeness (QED) is 0.913. The van der Waals surface area contributed by atoms with Crippen LogP contribution in [0.2, 0.25) is 0 Å². The molecule has 1 aromatic heterocycles. The number of furan rings is 1. The van der Waals surface area contributed by atoms with Gasteiger partial charge < -0.3 is 19.4 Å². The Morgan fingerprint density at radius 1 is 1.45 bits per heavy atom. The highest BCUT2D eigenvalue weighted by Gasteiger charge is 2.31. The van der Waals surface area contributed by atoms with Gasteiger partial charge in [-0.15, -0.1) is 0 Å². The maximum Gasteiger partial charge on any atom is 0.317 e. The third-order valence-corrected chi connectivity index (χ3v) is 4.30. The van der Waals surface area contributed by atoms with Gasteiger partial charge >= 0.3 is 6.03 Å². The molecule has 1 unspecified atom stereocenters. The largest absolute Gasteiger partial charge is 0.465 e. The van der Waals surface area contributed by atoms with Crippen molar-refractivity contribution in [2.75, 3.05) is 19.7 Å². The highest BCUT2D eigenvalue weighted by Crippen LogP contribution is 2.25. The average molecular weight is 304 g/mol. The summed E-state index contributed by atoms with van der Waals surface area (Å²) in [6.07, 6.45) is 6.42. The standard InChI is InChI=1S/C17H24N2O3/c1-17(2)11-14(7-10-22-17)18-16(20)19-8-3-5-13(12-19)15-6-4-9-21-15/h4-6,9,14H,3,7-8,10-12H2,1-2H3,(H,18,20). The molecule has 5 heteroatoms. The molecule has 5 nitrogen and oxygen atoms in total. The van der Waals surface area contributed by atoms with E-state index in [9.17, 15) is 4.79 Å². The van der Waals surface area contributed by atoms with Gasteiger partial charge in [-0.05, 0) is 45.2 Å². The molecule has 1 N–H and O–H groups in total. The number of amides is 2. The number of hydrogen-bond acceptors (Lipinski definition) is 3. The van der Waals surface area contributed by atoms with Crippen LogP contribution in [0, 0.1) is 0 Å². The molecular formula is C17H24N2O3. The van der Waals surface area contributed by atoms with Crippen LogP contribution in [0.15, 0.2) is 28.9 Å². The number of carbonyl (C=O) groups excluding carboxylic acids is 1. The number of urea groups is 1. The monoisotopic (exact) mass is 304 g/mol. The first-order valence-electron chi connectivity index (χ1n) is 7.96. The fourth-order valence-corrected chi connectivity index (χ4v) is 3.18. The van der Waals surface area contributed by atoms with Crippen LogP contribution in [-0.4, -0.2) is 42.3 Å². The molecule has 2 amide bonds. The summed E-state index contributed by atoms with van der Waals surface area (Å²) in [6.45, 7) is 6.21. The topological polar surface area (TPSA) is 54.7 Å². The highest BCUT2D eigenvalue weighted by molar-refractivity contribution is 5.78. The number of rotatable bonds is 2. The van der Waals surface area contributed by atoms with E-state index in [1.807, 2.05) is 17.0 Å². The Labute approximate surface area is 131 Å². The first-order valence-corrected chi connectivity index (χ1v) is 7.96. The van der Waals surface area contributed by atoms with Crippen LogP contribution in [0.4, 0.5) is 4.79 Å². The van der Waals surface area contributed by atoms with E-state index >= 15 is 0 Å². The summed E-state index contributed by atoms with van der Waals surface area (Å²) in [5.41, 5.74) is 0.927. The van der Waals surface area contributed by atoms with Crippen molar-refractivity contribution in [2.24, 2.45) is 0 Å². The van der Waals surface area contributed by atoms with Gasteiger partial charge in [0.15, 0.2) is 0 Å². The molecule has 1 fully saturated rings. The molecule has 1 atom stereocenters. The van der Waals surface area contributed by atoms with Gasteiger partial charge in [0.1, 0.15) is 5.76 Å². The van der Waals surface area contributed by atoms with Gasteiger partial charge in [0.05, 0.1) is 18.4 Å². The fraction of sp³-hybridized carbons (Fsp3) is 0.588. The molecule has 3 rings (SSSR count). The molecule has 2 aliphatic rings. The lowest BCUT2D eigenvalue weighted by molar-refractivity contribution is -0.0615. The predicted molar refractivity (Wildman–Crippen MR) is 84.5 cm³/mol. The van der Waals surface area contributed by atoms with Crippen LogP contribution >= 0.6 is 0 Å². The van der Waals surface area contributed by atoms with Gasteiger partial charge in [-0.25, -0.2) is 4.79 Å². The Balaban J connectivity index is 1.58. The number of carbonyl (C=O) groups is 1. The van der Waals surface area contributed by atoms with Crippen molar-refractivity contribution >= 4 is 11.6 Å². The SMILES string of the molecule is CC1(C)CC(NC(=O)N2CCC=C(c3ccco3)C2)CCO1. The van der Waals surface area contributed by atoms with Crippen LogP contribution in [0.1, 0.15) is 38.9 Å². The van der Waals surface area contributed by atoms with Crippen LogP contribution in [0.5, 0.6) is 0 Å². The molecule has 0 saturated carbocycles. The lowest BCUT2D eigenvalue weighted by Crippen LogP contribution is -2.51. The zero-order valence-corrected chi connectivity index (χ0v) is 13.3. The normalized spacial score (nSPS) is 24.7. The van der Waals surface area contributed by atoms with E-state index < -0.39 is 0 Å². The lowest BCUT2D eigenvalue weighted by Gasteiger charge is -2.37. The van der Waals surface area contributed by atoms with Gasteiger partial charge in [-0.3, -0.25) is 0 Å². The third-order valence-electron chi connectivity index (χ3n) is 4.30. The molecular weight excluding hydrogens is 280 g/mol. The molecule has 0 spiro atoms. The zero-order chi connectivity index (χ0) is 15.6. The number of nitrogens with one attached hydrogen (secondary N) is 1. The Bertz CT molecular complexity index is 548. The maximum absolute atomic E-state index is 12.5. The minimum Gasteiger partial charge on any atom is -0.465 e. The summed E-state index contributed by atoms with van der Waals surface area (Å²) >= 11 is 0. The van der Waals surface area contributed by atoms with Gasteiger partial charge in [-0.1, -0.05) is 6.08 Å². The Morgan fingerprint density at radius 3 is 3.05 bits per heavy atom. The summed E-state index contributed by atoms with van der Waals surface area (Å²) in [5.74, 6) is 0.852. The fourth-order valence-electron chi connectivity index (χ4n) is 3.18. The minimum atomic E-state index is -0.155. The second-order valence-electron chi connectivity index (χ2n) is 6.66. The highest BCUT2D eigenvalue weighted by atomic mass is 16.5. The zero-order valence-electron chi connectivity index (χ0n) is 13.3. The molecule has 22 heavy (non-hydrogen) atoms. The number of nitrogens with zero attached hydrogens (tertiary/aromatic N) is 1. The summed E-state index contributed by atoms with van der Waals surface area (Å²) < 4.78 is 11.1. The first-order chi connectivity index (χ1) is 10.5. The molecule has 3 heterocycles. The predicted octanol–water partition coefficient (Wildman–Crippen LogP) is 3.04. The van der Waals surface area contributed by atoms with E-state index in [2.05, 4.69) is 25.2 Å². The Hall–Kier alpha value is -1.75. The van der Waals surface area contributed by atoms with Crippen LogP contribution < -0.4 is 5.32 Å². The molecule has 0 radical (unpaired) electrons. The summed E-state index contributed by atoms with van der Waals surface area (Å²) in [6, 6.07) is 4.02. The summed E-state index contributed by atoms with van der Waals surface area (Å²) in [5, 5.41) is 3.16. The van der Waals surface area contributed by atoms with Gasteiger partial charge in [-0.2, -0.15) is 0 Å². The van der Waals surface area contributed by atoms with Crippen LogP contribution in [-0.2, 0) is 4.74 Å². The van der Waals surface area contributed by atoms with E-state index in [4.69, 9.17) is 9.15 Å².